The van der Waals surface area contributed by atoms with E-state index in [1.165, 1.54) is 0 Å². The third-order valence-electron chi connectivity index (χ3n) is 6.02. The topological polar surface area (TPSA) is 28.6 Å². The molecule has 0 saturated carbocycles. The lowest BCUT2D eigenvalue weighted by molar-refractivity contribution is -0.137. The maximum absolute atomic E-state index is 13.1. The molecule has 0 bridgehead atoms. The first kappa shape index (κ1) is 21.6. The molecule has 1 aliphatic rings. The van der Waals surface area contributed by atoms with Crippen molar-refractivity contribution in [1.29, 1.82) is 0 Å². The lowest BCUT2D eigenvalue weighted by atomic mass is 9.93. The molecule has 0 N–H and O–H groups in total. The summed E-state index contributed by atoms with van der Waals surface area (Å²) in [7, 11) is 1.62. The molecule has 1 aliphatic heterocycles. The highest BCUT2D eigenvalue weighted by Crippen LogP contribution is 2.38. The van der Waals surface area contributed by atoms with E-state index in [2.05, 4.69) is 21.7 Å². The van der Waals surface area contributed by atoms with Crippen LogP contribution in [-0.2, 0) is 6.18 Å². The summed E-state index contributed by atoms with van der Waals surface area (Å²) >= 11 is 0. The Balaban J connectivity index is 1.80. The summed E-state index contributed by atoms with van der Waals surface area (Å²) in [6, 6.07) is 13.1. The summed E-state index contributed by atoms with van der Waals surface area (Å²) in [5.41, 5.74) is 1.92. The first-order chi connectivity index (χ1) is 14.9. The van der Waals surface area contributed by atoms with Gasteiger partial charge in [-0.05, 0) is 42.4 Å². The molecule has 0 spiro atoms. The summed E-state index contributed by atoms with van der Waals surface area (Å²) in [6.07, 6.45) is -2.61. The number of rotatable bonds is 5. The van der Waals surface area contributed by atoms with E-state index in [0.29, 0.717) is 5.75 Å². The smallest absolute Gasteiger partial charge is 0.416 e. The molecule has 164 valence electrons. The van der Waals surface area contributed by atoms with Crippen molar-refractivity contribution in [2.24, 2.45) is 0 Å². The number of hydrogen-bond donors (Lipinski definition) is 0. The van der Waals surface area contributed by atoms with E-state index in [4.69, 9.17) is 4.74 Å². The minimum absolute atomic E-state index is 0.220. The van der Waals surface area contributed by atoms with E-state index >= 15 is 0 Å². The first-order valence-electron chi connectivity index (χ1n) is 10.5. The standard InChI is InChI=1S/C24H26F3N3O/c1-3-29-11-13-30(14-12-29)23(17-6-8-19(9-7-17)24(25,26)27)20-16-21-18(5-4-10-28-21)15-22(20)31-2/h4-10,15-16,23H,3,11-14H2,1-2H3. The van der Waals surface area contributed by atoms with Gasteiger partial charge in [-0.1, -0.05) is 25.1 Å². The van der Waals surface area contributed by atoms with Crippen LogP contribution in [0.15, 0.2) is 54.7 Å². The van der Waals surface area contributed by atoms with Crippen molar-refractivity contribution in [2.45, 2.75) is 19.1 Å². The van der Waals surface area contributed by atoms with E-state index in [1.54, 1.807) is 25.4 Å². The summed E-state index contributed by atoms with van der Waals surface area (Å²) < 4.78 is 45.1. The van der Waals surface area contributed by atoms with Gasteiger partial charge in [0.25, 0.3) is 0 Å². The Kier molecular flexibility index (Phi) is 6.16. The number of fused-ring (bicyclic) bond motifs is 1. The van der Waals surface area contributed by atoms with Crippen LogP contribution in [0.3, 0.4) is 0 Å². The van der Waals surface area contributed by atoms with Gasteiger partial charge in [-0.15, -0.1) is 0 Å². The molecular weight excluding hydrogens is 403 g/mol. The average Bonchev–Trinajstić information content (AvgIpc) is 2.79. The van der Waals surface area contributed by atoms with Gasteiger partial charge in [-0.25, -0.2) is 0 Å². The Hall–Kier alpha value is -2.64. The quantitative estimate of drug-likeness (QED) is 0.571. The van der Waals surface area contributed by atoms with Crippen molar-refractivity contribution in [3.8, 4) is 5.75 Å². The second-order valence-corrected chi connectivity index (χ2v) is 7.78. The van der Waals surface area contributed by atoms with Gasteiger partial charge in [0.2, 0.25) is 0 Å². The number of alkyl halides is 3. The van der Waals surface area contributed by atoms with Gasteiger partial charge in [0.15, 0.2) is 0 Å². The monoisotopic (exact) mass is 429 g/mol. The largest absolute Gasteiger partial charge is 0.496 e. The summed E-state index contributed by atoms with van der Waals surface area (Å²) in [4.78, 5) is 9.17. The summed E-state index contributed by atoms with van der Waals surface area (Å²) in [6.45, 7) is 6.61. The van der Waals surface area contributed by atoms with Crippen LogP contribution >= 0.6 is 0 Å². The van der Waals surface area contributed by atoms with Crippen molar-refractivity contribution < 1.29 is 17.9 Å². The molecule has 0 amide bonds. The molecule has 2 aromatic carbocycles. The molecule has 31 heavy (non-hydrogen) atoms. The molecule has 3 aromatic rings. The molecule has 1 unspecified atom stereocenters. The average molecular weight is 429 g/mol. The number of pyridine rings is 1. The van der Waals surface area contributed by atoms with E-state index < -0.39 is 11.7 Å². The molecule has 4 nitrogen and oxygen atoms in total. The fourth-order valence-electron chi connectivity index (χ4n) is 4.29. The zero-order valence-electron chi connectivity index (χ0n) is 17.7. The van der Waals surface area contributed by atoms with Crippen LogP contribution in [0.4, 0.5) is 13.2 Å². The van der Waals surface area contributed by atoms with Gasteiger partial charge < -0.3 is 9.64 Å². The normalized spacial score (nSPS) is 17.1. The van der Waals surface area contributed by atoms with Crippen LogP contribution in [0.25, 0.3) is 10.9 Å². The van der Waals surface area contributed by atoms with Crippen molar-refractivity contribution in [1.82, 2.24) is 14.8 Å². The zero-order chi connectivity index (χ0) is 22.0. The van der Waals surface area contributed by atoms with Crippen LogP contribution in [-0.4, -0.2) is 54.6 Å². The third kappa shape index (κ3) is 4.52. The number of methoxy groups -OCH3 is 1. The van der Waals surface area contributed by atoms with E-state index in [1.807, 2.05) is 24.3 Å². The molecule has 7 heteroatoms. The summed E-state index contributed by atoms with van der Waals surface area (Å²) in [5, 5.41) is 0.963. The first-order valence-corrected chi connectivity index (χ1v) is 10.5. The van der Waals surface area contributed by atoms with Gasteiger partial charge >= 0.3 is 6.18 Å². The van der Waals surface area contributed by atoms with E-state index in [9.17, 15) is 13.2 Å². The number of halogens is 3. The molecule has 0 aliphatic carbocycles. The van der Waals surface area contributed by atoms with Crippen molar-refractivity contribution in [3.63, 3.8) is 0 Å². The fourth-order valence-corrected chi connectivity index (χ4v) is 4.29. The highest BCUT2D eigenvalue weighted by Gasteiger charge is 2.32. The van der Waals surface area contributed by atoms with Gasteiger partial charge in [-0.2, -0.15) is 13.2 Å². The molecule has 1 atom stereocenters. The van der Waals surface area contributed by atoms with Crippen molar-refractivity contribution in [3.05, 3.63) is 71.4 Å². The number of nitrogens with zero attached hydrogens (tertiary/aromatic N) is 3. The number of hydrogen-bond acceptors (Lipinski definition) is 4. The molecule has 4 rings (SSSR count). The number of likely N-dealkylation sites (N-methyl/N-ethyl adjacent to an activating group) is 1. The maximum Gasteiger partial charge on any atom is 0.416 e. The molecule has 1 saturated heterocycles. The molecule has 1 fully saturated rings. The van der Waals surface area contributed by atoms with E-state index in [0.717, 1.165) is 66.9 Å². The van der Waals surface area contributed by atoms with E-state index in [-0.39, 0.29) is 6.04 Å². The molecule has 1 aromatic heterocycles. The van der Waals surface area contributed by atoms with Crippen LogP contribution in [0.1, 0.15) is 29.7 Å². The number of benzene rings is 2. The highest BCUT2D eigenvalue weighted by molar-refractivity contribution is 5.81. The second kappa shape index (κ2) is 8.85. The highest BCUT2D eigenvalue weighted by atomic mass is 19.4. The van der Waals surface area contributed by atoms with Crippen LogP contribution in [0, 0.1) is 0 Å². The second-order valence-electron chi connectivity index (χ2n) is 7.78. The Labute approximate surface area is 180 Å². The molecular formula is C24H26F3N3O. The Bertz CT molecular complexity index is 1030. The summed E-state index contributed by atoms with van der Waals surface area (Å²) in [5.74, 6) is 0.711. The zero-order valence-corrected chi connectivity index (χ0v) is 17.7. The van der Waals surface area contributed by atoms with Gasteiger partial charge in [0.05, 0.1) is 24.2 Å². The third-order valence-corrected chi connectivity index (χ3v) is 6.02. The lowest BCUT2D eigenvalue weighted by Gasteiger charge is -2.39. The van der Waals surface area contributed by atoms with Crippen molar-refractivity contribution in [2.75, 3.05) is 39.8 Å². The molecule has 0 radical (unpaired) electrons. The SMILES string of the molecule is CCN1CCN(C(c2ccc(C(F)(F)F)cc2)c2cc3ncccc3cc2OC)CC1. The Morgan fingerprint density at radius 2 is 1.74 bits per heavy atom. The maximum atomic E-state index is 13.1. The van der Waals surface area contributed by atoms with Crippen LogP contribution < -0.4 is 4.74 Å². The lowest BCUT2D eigenvalue weighted by Crippen LogP contribution is -2.47. The minimum Gasteiger partial charge on any atom is -0.496 e. The Morgan fingerprint density at radius 1 is 1.03 bits per heavy atom. The van der Waals surface area contributed by atoms with Gasteiger partial charge in [-0.3, -0.25) is 9.88 Å². The number of aromatic nitrogens is 1. The fraction of sp³-hybridized carbons (Fsp3) is 0.375. The van der Waals surface area contributed by atoms with Crippen LogP contribution in [0.5, 0.6) is 5.75 Å². The number of ether oxygens (including phenoxy) is 1. The van der Waals surface area contributed by atoms with Crippen molar-refractivity contribution >= 4 is 10.9 Å². The van der Waals surface area contributed by atoms with Gasteiger partial charge in [0, 0.05) is 43.3 Å². The predicted molar refractivity (Wildman–Crippen MR) is 115 cm³/mol. The van der Waals surface area contributed by atoms with Crippen LogP contribution in [0.2, 0.25) is 0 Å². The Morgan fingerprint density at radius 3 is 2.35 bits per heavy atom. The minimum atomic E-state index is -4.36. The predicted octanol–water partition coefficient (Wildman–Crippen LogP) is 4.99. The number of piperazine rings is 1. The molecule has 2 heterocycles. The van der Waals surface area contributed by atoms with Gasteiger partial charge in [0.1, 0.15) is 5.75 Å².